The smallest absolute Gasteiger partial charge is 0.253 e. The number of methoxy groups -OCH3 is 1. The van der Waals surface area contributed by atoms with Gasteiger partial charge < -0.3 is 15.4 Å². The molecule has 6 nitrogen and oxygen atoms in total. The number of rotatable bonds is 5. The first-order chi connectivity index (χ1) is 11.0. The number of anilines is 1. The fourth-order valence-corrected chi connectivity index (χ4v) is 2.09. The molecule has 23 heavy (non-hydrogen) atoms. The quantitative estimate of drug-likeness (QED) is 0.885. The molecule has 0 bridgehead atoms. The van der Waals surface area contributed by atoms with Crippen molar-refractivity contribution < 1.29 is 14.3 Å². The first kappa shape index (κ1) is 16.5. The van der Waals surface area contributed by atoms with Crippen LogP contribution in [0.3, 0.4) is 0 Å². The van der Waals surface area contributed by atoms with E-state index in [0.29, 0.717) is 11.4 Å². The van der Waals surface area contributed by atoms with E-state index in [1.165, 1.54) is 13.3 Å². The second-order valence-electron chi connectivity index (χ2n) is 5.09. The van der Waals surface area contributed by atoms with Crippen molar-refractivity contribution >= 4 is 17.5 Å². The van der Waals surface area contributed by atoms with Crippen molar-refractivity contribution in [2.45, 2.75) is 13.8 Å². The van der Waals surface area contributed by atoms with Crippen LogP contribution in [-0.4, -0.2) is 30.5 Å². The van der Waals surface area contributed by atoms with E-state index in [-0.39, 0.29) is 18.4 Å². The van der Waals surface area contributed by atoms with Crippen molar-refractivity contribution in [1.29, 1.82) is 0 Å². The molecule has 6 heteroatoms. The van der Waals surface area contributed by atoms with Gasteiger partial charge in [-0.3, -0.25) is 9.59 Å². The van der Waals surface area contributed by atoms with Gasteiger partial charge in [-0.1, -0.05) is 18.2 Å². The van der Waals surface area contributed by atoms with Gasteiger partial charge >= 0.3 is 0 Å². The van der Waals surface area contributed by atoms with Gasteiger partial charge in [-0.15, -0.1) is 0 Å². The molecule has 2 rings (SSSR count). The highest BCUT2D eigenvalue weighted by Crippen LogP contribution is 2.19. The molecule has 0 radical (unpaired) electrons. The third kappa shape index (κ3) is 4.29. The van der Waals surface area contributed by atoms with E-state index in [0.717, 1.165) is 16.8 Å². The van der Waals surface area contributed by atoms with Gasteiger partial charge in [0.2, 0.25) is 11.8 Å². The number of pyridine rings is 1. The Morgan fingerprint density at radius 2 is 1.83 bits per heavy atom. The normalized spacial score (nSPS) is 10.0. The van der Waals surface area contributed by atoms with Crippen LogP contribution in [0.4, 0.5) is 5.69 Å². The van der Waals surface area contributed by atoms with E-state index in [1.807, 2.05) is 32.0 Å². The number of carbonyl (C=O) groups is 2. The molecule has 0 aliphatic heterocycles. The number of aryl methyl sites for hydroxylation is 2. The number of hydrogen-bond donors (Lipinski definition) is 2. The molecule has 1 heterocycles. The van der Waals surface area contributed by atoms with Gasteiger partial charge in [-0.25, -0.2) is 4.98 Å². The van der Waals surface area contributed by atoms with E-state index in [1.54, 1.807) is 12.1 Å². The summed E-state index contributed by atoms with van der Waals surface area (Å²) in [4.78, 5) is 27.9. The summed E-state index contributed by atoms with van der Waals surface area (Å²) < 4.78 is 4.93. The highest BCUT2D eigenvalue weighted by Gasteiger charge is 2.10. The molecule has 2 amide bonds. The summed E-state index contributed by atoms with van der Waals surface area (Å²) >= 11 is 0. The second-order valence-corrected chi connectivity index (χ2v) is 5.09. The highest BCUT2D eigenvalue weighted by molar-refractivity contribution is 5.99. The Labute approximate surface area is 134 Å². The van der Waals surface area contributed by atoms with Crippen LogP contribution in [0.1, 0.15) is 21.5 Å². The van der Waals surface area contributed by atoms with Crippen LogP contribution in [0.15, 0.2) is 36.5 Å². The van der Waals surface area contributed by atoms with Crippen molar-refractivity contribution in [3.8, 4) is 5.88 Å². The Balaban J connectivity index is 1.92. The maximum atomic E-state index is 12.0. The molecule has 0 aliphatic rings. The van der Waals surface area contributed by atoms with E-state index in [4.69, 9.17) is 4.74 Å². The minimum absolute atomic E-state index is 0.112. The van der Waals surface area contributed by atoms with E-state index < -0.39 is 0 Å². The summed E-state index contributed by atoms with van der Waals surface area (Å²) in [6.07, 6.45) is 1.40. The Kier molecular flexibility index (Phi) is 5.30. The number of carbonyl (C=O) groups excluding carboxylic acids is 2. The minimum Gasteiger partial charge on any atom is -0.481 e. The molecule has 2 N–H and O–H groups in total. The maximum absolute atomic E-state index is 12.0. The third-order valence-electron chi connectivity index (χ3n) is 3.36. The maximum Gasteiger partial charge on any atom is 0.253 e. The van der Waals surface area contributed by atoms with Crippen molar-refractivity contribution in [3.63, 3.8) is 0 Å². The van der Waals surface area contributed by atoms with Gasteiger partial charge in [0.1, 0.15) is 0 Å². The molecule has 2 aromatic rings. The van der Waals surface area contributed by atoms with E-state index in [2.05, 4.69) is 15.6 Å². The lowest BCUT2D eigenvalue weighted by Gasteiger charge is -2.12. The number of aromatic nitrogens is 1. The Hall–Kier alpha value is -2.89. The zero-order valence-corrected chi connectivity index (χ0v) is 13.3. The van der Waals surface area contributed by atoms with Gasteiger partial charge in [0.25, 0.3) is 5.91 Å². The lowest BCUT2D eigenvalue weighted by molar-refractivity contribution is -0.115. The van der Waals surface area contributed by atoms with Gasteiger partial charge in [0.15, 0.2) is 0 Å². The fraction of sp³-hybridized carbons (Fsp3) is 0.235. The molecule has 120 valence electrons. The second kappa shape index (κ2) is 7.40. The molecule has 0 spiro atoms. The first-order valence-corrected chi connectivity index (χ1v) is 7.15. The number of nitrogens with zero attached hydrogens (tertiary/aromatic N) is 1. The summed E-state index contributed by atoms with van der Waals surface area (Å²) in [5, 5.41) is 5.38. The Morgan fingerprint density at radius 1 is 1.13 bits per heavy atom. The predicted octanol–water partition coefficient (Wildman–Crippen LogP) is 2.08. The van der Waals surface area contributed by atoms with E-state index in [9.17, 15) is 9.59 Å². The molecule has 0 saturated heterocycles. The third-order valence-corrected chi connectivity index (χ3v) is 3.36. The van der Waals surface area contributed by atoms with Gasteiger partial charge in [0.05, 0.1) is 19.2 Å². The van der Waals surface area contributed by atoms with E-state index >= 15 is 0 Å². The van der Waals surface area contributed by atoms with Crippen molar-refractivity contribution in [1.82, 2.24) is 10.3 Å². The lowest BCUT2D eigenvalue weighted by Crippen LogP contribution is -2.33. The number of nitrogens with one attached hydrogen (secondary N) is 2. The molecule has 0 atom stereocenters. The number of amides is 2. The Morgan fingerprint density at radius 3 is 2.39 bits per heavy atom. The summed E-state index contributed by atoms with van der Waals surface area (Å²) in [5.41, 5.74) is 3.09. The summed E-state index contributed by atoms with van der Waals surface area (Å²) in [6.45, 7) is 3.73. The van der Waals surface area contributed by atoms with Crippen molar-refractivity contribution in [3.05, 3.63) is 53.2 Å². The van der Waals surface area contributed by atoms with Crippen LogP contribution in [0.25, 0.3) is 0 Å². The predicted molar refractivity (Wildman–Crippen MR) is 87.7 cm³/mol. The molecule has 0 aliphatic carbocycles. The average Bonchev–Trinajstić information content (AvgIpc) is 2.56. The molecule has 1 aromatic heterocycles. The first-order valence-electron chi connectivity index (χ1n) is 7.15. The largest absolute Gasteiger partial charge is 0.481 e. The zero-order chi connectivity index (χ0) is 16.8. The van der Waals surface area contributed by atoms with Crippen LogP contribution in [0.2, 0.25) is 0 Å². The van der Waals surface area contributed by atoms with Crippen LogP contribution < -0.4 is 15.4 Å². The van der Waals surface area contributed by atoms with Gasteiger partial charge in [-0.05, 0) is 31.0 Å². The standard InChI is InChI=1S/C17H19N3O3/c1-11-5-4-6-12(2)16(11)20-14(21)10-19-17(22)13-7-8-15(23-3)18-9-13/h4-9H,10H2,1-3H3,(H,19,22)(H,20,21). The molecule has 0 unspecified atom stereocenters. The van der Waals surface area contributed by atoms with Crippen molar-refractivity contribution in [2.24, 2.45) is 0 Å². The SMILES string of the molecule is COc1ccc(C(=O)NCC(=O)Nc2c(C)cccc2C)cn1. The molecule has 0 saturated carbocycles. The topological polar surface area (TPSA) is 80.3 Å². The van der Waals surface area contributed by atoms with Crippen LogP contribution >= 0.6 is 0 Å². The molecule has 1 aromatic carbocycles. The molecular formula is C17H19N3O3. The Bertz CT molecular complexity index is 691. The lowest BCUT2D eigenvalue weighted by atomic mass is 10.1. The highest BCUT2D eigenvalue weighted by atomic mass is 16.5. The number of ether oxygens (including phenoxy) is 1. The minimum atomic E-state index is -0.364. The summed E-state index contributed by atoms with van der Waals surface area (Å²) in [7, 11) is 1.50. The van der Waals surface area contributed by atoms with Crippen molar-refractivity contribution in [2.75, 3.05) is 19.0 Å². The number of para-hydroxylation sites is 1. The zero-order valence-electron chi connectivity index (χ0n) is 13.3. The fourth-order valence-electron chi connectivity index (χ4n) is 2.09. The molecular weight excluding hydrogens is 294 g/mol. The summed E-state index contributed by atoms with van der Waals surface area (Å²) in [5.74, 6) is -0.219. The van der Waals surface area contributed by atoms with Crippen LogP contribution in [0, 0.1) is 13.8 Å². The molecule has 0 fully saturated rings. The average molecular weight is 313 g/mol. The summed E-state index contributed by atoms with van der Waals surface area (Å²) in [6, 6.07) is 8.95. The number of benzene rings is 1. The van der Waals surface area contributed by atoms with Gasteiger partial charge in [-0.2, -0.15) is 0 Å². The van der Waals surface area contributed by atoms with Crippen LogP contribution in [-0.2, 0) is 4.79 Å². The van der Waals surface area contributed by atoms with Gasteiger partial charge in [0, 0.05) is 18.0 Å². The monoisotopic (exact) mass is 313 g/mol. The van der Waals surface area contributed by atoms with Crippen LogP contribution in [0.5, 0.6) is 5.88 Å². The number of hydrogen-bond acceptors (Lipinski definition) is 4.